The number of hydrogen-bond acceptors (Lipinski definition) is 4. The Morgan fingerprint density at radius 3 is 2.92 bits per heavy atom. The average Bonchev–Trinajstić information content (AvgIpc) is 3.08. The van der Waals surface area contributed by atoms with Crippen molar-refractivity contribution >= 4 is 11.9 Å². The van der Waals surface area contributed by atoms with Crippen molar-refractivity contribution in [2.45, 2.75) is 38.1 Å². The number of carbonyl (C=O) groups excluding carboxylic acids is 1. The second-order valence-electron chi connectivity index (χ2n) is 6.33. The Morgan fingerprint density at radius 1 is 1.28 bits per heavy atom. The molecule has 3 rings (SSSR count). The third-order valence-electron chi connectivity index (χ3n) is 4.47. The summed E-state index contributed by atoms with van der Waals surface area (Å²) in [7, 11) is 0. The van der Waals surface area contributed by atoms with E-state index in [4.69, 9.17) is 5.11 Å². The number of amides is 1. The maximum absolute atomic E-state index is 12.5. The van der Waals surface area contributed by atoms with Crippen LogP contribution >= 0.6 is 0 Å². The lowest BCUT2D eigenvalue weighted by Gasteiger charge is -2.32. The summed E-state index contributed by atoms with van der Waals surface area (Å²) in [6.07, 6.45) is 6.43. The second kappa shape index (κ2) is 7.92. The highest BCUT2D eigenvalue weighted by Gasteiger charge is 2.26. The highest BCUT2D eigenvalue weighted by atomic mass is 16.4. The average molecular weight is 342 g/mol. The maximum Gasteiger partial charge on any atom is 0.325 e. The Hall–Kier alpha value is -2.70. The van der Waals surface area contributed by atoms with Crippen molar-refractivity contribution in [1.29, 1.82) is 0 Å². The monoisotopic (exact) mass is 342 g/mol. The van der Waals surface area contributed by atoms with Gasteiger partial charge in [-0.05, 0) is 37.5 Å². The van der Waals surface area contributed by atoms with Gasteiger partial charge in [-0.1, -0.05) is 6.07 Å². The topological polar surface area (TPSA) is 88.3 Å². The highest BCUT2D eigenvalue weighted by Crippen LogP contribution is 2.26. The number of hydrogen-bond donors (Lipinski definition) is 1. The molecule has 1 amide bonds. The molecule has 0 aromatic carbocycles. The van der Waals surface area contributed by atoms with E-state index >= 15 is 0 Å². The molecule has 1 unspecified atom stereocenters. The van der Waals surface area contributed by atoms with Crippen LogP contribution in [-0.4, -0.2) is 49.7 Å². The van der Waals surface area contributed by atoms with Crippen LogP contribution in [-0.2, 0) is 22.6 Å². The van der Waals surface area contributed by atoms with Gasteiger partial charge < -0.3 is 10.0 Å². The van der Waals surface area contributed by atoms with Crippen LogP contribution in [0.15, 0.2) is 36.7 Å². The molecule has 0 aliphatic carbocycles. The molecular weight excluding hydrogens is 320 g/mol. The van der Waals surface area contributed by atoms with Crippen molar-refractivity contribution in [3.63, 3.8) is 0 Å². The van der Waals surface area contributed by atoms with E-state index in [9.17, 15) is 9.59 Å². The highest BCUT2D eigenvalue weighted by molar-refractivity contribution is 5.76. The number of aliphatic carboxylic acids is 1. The van der Waals surface area contributed by atoms with Crippen molar-refractivity contribution < 1.29 is 14.7 Å². The molecule has 7 nitrogen and oxygen atoms in total. The maximum atomic E-state index is 12.5. The molecule has 25 heavy (non-hydrogen) atoms. The smallest absolute Gasteiger partial charge is 0.325 e. The van der Waals surface area contributed by atoms with Crippen LogP contribution in [0.25, 0.3) is 0 Å². The molecule has 2 aromatic rings. The number of rotatable bonds is 6. The van der Waals surface area contributed by atoms with E-state index < -0.39 is 5.97 Å². The molecule has 1 aliphatic rings. The van der Waals surface area contributed by atoms with Gasteiger partial charge in [0, 0.05) is 43.5 Å². The molecule has 0 bridgehead atoms. The first kappa shape index (κ1) is 17.1. The zero-order valence-corrected chi connectivity index (χ0v) is 14.0. The fraction of sp³-hybridized carbons (Fsp3) is 0.444. The van der Waals surface area contributed by atoms with Gasteiger partial charge in [-0.2, -0.15) is 5.10 Å². The zero-order chi connectivity index (χ0) is 17.6. The third-order valence-corrected chi connectivity index (χ3v) is 4.47. The lowest BCUT2D eigenvalue weighted by Crippen LogP contribution is -2.39. The van der Waals surface area contributed by atoms with Gasteiger partial charge >= 0.3 is 5.97 Å². The van der Waals surface area contributed by atoms with Crippen LogP contribution in [0.3, 0.4) is 0 Å². The van der Waals surface area contributed by atoms with E-state index in [0.717, 1.165) is 30.8 Å². The first-order valence-corrected chi connectivity index (χ1v) is 8.54. The first-order valence-electron chi connectivity index (χ1n) is 8.54. The molecule has 1 aliphatic heterocycles. The number of carbonyl (C=O) groups is 2. The molecule has 132 valence electrons. The largest absolute Gasteiger partial charge is 0.480 e. The van der Waals surface area contributed by atoms with Crippen LogP contribution in [0.1, 0.15) is 36.6 Å². The lowest BCUT2D eigenvalue weighted by molar-refractivity contribution is -0.138. The molecule has 7 heteroatoms. The summed E-state index contributed by atoms with van der Waals surface area (Å²) in [5.74, 6) is -0.604. The predicted octanol–water partition coefficient (Wildman–Crippen LogP) is 1.70. The number of aromatic nitrogens is 3. The molecule has 1 N–H and O–H groups in total. The van der Waals surface area contributed by atoms with Gasteiger partial charge in [-0.3, -0.25) is 19.3 Å². The number of piperidine rings is 1. The van der Waals surface area contributed by atoms with E-state index in [-0.39, 0.29) is 18.4 Å². The fourth-order valence-electron chi connectivity index (χ4n) is 3.21. The zero-order valence-electron chi connectivity index (χ0n) is 14.0. The standard InChI is InChI=1S/C18H22N4O3/c23-17(7-6-15-5-1-2-9-19-15)21-10-3-4-14(12-21)16-8-11-22(20-16)13-18(24)25/h1-2,5,8-9,11,14H,3-4,6-7,10,12-13H2,(H,24,25). The summed E-state index contributed by atoms with van der Waals surface area (Å²) in [6.45, 7) is 1.28. The van der Waals surface area contributed by atoms with Crippen molar-refractivity contribution in [3.05, 3.63) is 48.0 Å². The summed E-state index contributed by atoms with van der Waals surface area (Å²) < 4.78 is 1.43. The molecule has 0 saturated carbocycles. The number of likely N-dealkylation sites (tertiary alicyclic amines) is 1. The SMILES string of the molecule is O=C(O)Cn1ccc(C2CCCN(C(=O)CCc3ccccn3)C2)n1. The molecular formula is C18H22N4O3. The summed E-state index contributed by atoms with van der Waals surface area (Å²) in [5.41, 5.74) is 1.79. The normalized spacial score (nSPS) is 17.4. The van der Waals surface area contributed by atoms with E-state index in [1.165, 1.54) is 4.68 Å². The number of carboxylic acid groups (broad SMARTS) is 1. The molecule has 1 saturated heterocycles. The van der Waals surface area contributed by atoms with E-state index in [1.807, 2.05) is 29.2 Å². The van der Waals surface area contributed by atoms with Gasteiger partial charge in [-0.25, -0.2) is 0 Å². The molecule has 3 heterocycles. The summed E-state index contributed by atoms with van der Waals surface area (Å²) in [4.78, 5) is 29.4. The van der Waals surface area contributed by atoms with Gasteiger partial charge in [0.2, 0.25) is 5.91 Å². The van der Waals surface area contributed by atoms with E-state index in [0.29, 0.717) is 19.4 Å². The Bertz CT molecular complexity index is 729. The van der Waals surface area contributed by atoms with Gasteiger partial charge in [-0.15, -0.1) is 0 Å². The van der Waals surface area contributed by atoms with Crippen molar-refractivity contribution in [2.75, 3.05) is 13.1 Å². The van der Waals surface area contributed by atoms with Gasteiger partial charge in [0.1, 0.15) is 6.54 Å². The molecule has 1 fully saturated rings. The van der Waals surface area contributed by atoms with E-state index in [1.54, 1.807) is 12.4 Å². The van der Waals surface area contributed by atoms with Crippen LogP contribution in [0.2, 0.25) is 0 Å². The minimum Gasteiger partial charge on any atom is -0.480 e. The molecule has 1 atom stereocenters. The summed E-state index contributed by atoms with van der Waals surface area (Å²) >= 11 is 0. The minimum atomic E-state index is -0.912. The Balaban J connectivity index is 1.56. The number of carboxylic acids is 1. The number of pyridine rings is 1. The van der Waals surface area contributed by atoms with Crippen molar-refractivity contribution in [2.24, 2.45) is 0 Å². The fourth-order valence-corrected chi connectivity index (χ4v) is 3.21. The summed E-state index contributed by atoms with van der Waals surface area (Å²) in [6, 6.07) is 7.58. The van der Waals surface area contributed by atoms with Gasteiger partial charge in [0.15, 0.2) is 0 Å². The molecule has 2 aromatic heterocycles. The van der Waals surface area contributed by atoms with Crippen LogP contribution in [0.5, 0.6) is 0 Å². The quantitative estimate of drug-likeness (QED) is 0.863. The van der Waals surface area contributed by atoms with Gasteiger partial charge in [0.25, 0.3) is 0 Å². The van der Waals surface area contributed by atoms with Crippen LogP contribution in [0, 0.1) is 0 Å². The predicted molar refractivity (Wildman–Crippen MR) is 91.0 cm³/mol. The molecule has 0 radical (unpaired) electrons. The number of nitrogens with zero attached hydrogens (tertiary/aromatic N) is 4. The Kier molecular flexibility index (Phi) is 5.42. The Morgan fingerprint density at radius 2 is 2.16 bits per heavy atom. The Labute approximate surface area is 146 Å². The van der Waals surface area contributed by atoms with Crippen molar-refractivity contribution in [3.8, 4) is 0 Å². The van der Waals surface area contributed by atoms with Crippen molar-refractivity contribution in [1.82, 2.24) is 19.7 Å². The van der Waals surface area contributed by atoms with Gasteiger partial charge in [0.05, 0.1) is 5.69 Å². The first-order chi connectivity index (χ1) is 12.1. The van der Waals surface area contributed by atoms with Crippen LogP contribution in [0.4, 0.5) is 0 Å². The molecule has 0 spiro atoms. The second-order valence-corrected chi connectivity index (χ2v) is 6.33. The number of aryl methyl sites for hydroxylation is 1. The minimum absolute atomic E-state index is 0.139. The summed E-state index contributed by atoms with van der Waals surface area (Å²) in [5, 5.41) is 13.2. The lowest BCUT2D eigenvalue weighted by atomic mass is 9.94. The van der Waals surface area contributed by atoms with E-state index in [2.05, 4.69) is 10.1 Å². The van der Waals surface area contributed by atoms with Crippen LogP contribution < -0.4 is 0 Å². The third kappa shape index (κ3) is 4.65.